The van der Waals surface area contributed by atoms with Gasteiger partial charge in [-0.2, -0.15) is 0 Å². The van der Waals surface area contributed by atoms with Crippen LogP contribution in [0, 0.1) is 0 Å². The number of hydrogen-bond acceptors (Lipinski definition) is 6. The molecule has 0 spiro atoms. The molecule has 1 aromatic carbocycles. The average Bonchev–Trinajstić information content (AvgIpc) is 3.56. The van der Waals surface area contributed by atoms with Crippen LogP contribution in [0.4, 0.5) is 5.82 Å². The molecule has 1 aliphatic carbocycles. The van der Waals surface area contributed by atoms with Crippen LogP contribution in [0.1, 0.15) is 53.1 Å². The highest BCUT2D eigenvalue weighted by Crippen LogP contribution is 2.44. The first kappa shape index (κ1) is 18.7. The highest BCUT2D eigenvalue weighted by Gasteiger charge is 2.42. The number of carbonyl (C=O) groups is 3. The lowest BCUT2D eigenvalue weighted by molar-refractivity contribution is -0.152. The van der Waals surface area contributed by atoms with Gasteiger partial charge in [0.1, 0.15) is 11.9 Å². The van der Waals surface area contributed by atoms with Crippen LogP contribution >= 0.6 is 0 Å². The minimum Gasteiger partial charge on any atom is -0.373 e. The van der Waals surface area contributed by atoms with Crippen molar-refractivity contribution in [3.63, 3.8) is 0 Å². The molecule has 2 fully saturated rings. The van der Waals surface area contributed by atoms with Crippen LogP contribution in [0.15, 0.2) is 30.3 Å². The minimum atomic E-state index is -0.705. The summed E-state index contributed by atoms with van der Waals surface area (Å²) in [5, 5.41) is 3.73. The second-order valence-electron chi connectivity index (χ2n) is 8.12. The summed E-state index contributed by atoms with van der Waals surface area (Å²) >= 11 is 0. The standard InChI is InChI=1S/C22H23N5O3/c1-24-18-8-6-15(12-2-3-12)20(25-18)13-4-5-16-14(10-13)11-26(21(16)29)17-7-9-19(28)27(23)22(17)30/h4-6,8,10,12,17H,2-3,7,9,11,23H2,1H3,(H,24,25). The number of pyridine rings is 1. The number of carbonyl (C=O) groups excluding carboxylic acids is 3. The van der Waals surface area contributed by atoms with Crippen LogP contribution in [0.5, 0.6) is 0 Å². The van der Waals surface area contributed by atoms with Crippen molar-refractivity contribution in [1.29, 1.82) is 0 Å². The molecule has 3 aliphatic rings. The fraction of sp³-hybridized carbons (Fsp3) is 0.364. The van der Waals surface area contributed by atoms with Gasteiger partial charge in [-0.3, -0.25) is 14.4 Å². The predicted octanol–water partition coefficient (Wildman–Crippen LogP) is 2.01. The Labute approximate surface area is 174 Å². The van der Waals surface area contributed by atoms with Gasteiger partial charge >= 0.3 is 0 Å². The van der Waals surface area contributed by atoms with Gasteiger partial charge in [0.2, 0.25) is 5.91 Å². The van der Waals surface area contributed by atoms with E-state index in [-0.39, 0.29) is 12.3 Å². The normalized spacial score (nSPS) is 21.3. The predicted molar refractivity (Wildman–Crippen MR) is 110 cm³/mol. The molecule has 5 rings (SSSR count). The zero-order valence-corrected chi connectivity index (χ0v) is 16.7. The first-order valence-corrected chi connectivity index (χ1v) is 10.2. The van der Waals surface area contributed by atoms with Crippen LogP contribution in [-0.4, -0.2) is 45.7 Å². The summed E-state index contributed by atoms with van der Waals surface area (Å²) in [6.45, 7) is 0.324. The first-order valence-electron chi connectivity index (χ1n) is 10.2. The Morgan fingerprint density at radius 3 is 2.63 bits per heavy atom. The number of hydrogen-bond donors (Lipinski definition) is 2. The molecule has 3 amide bonds. The van der Waals surface area contributed by atoms with Crippen molar-refractivity contribution < 1.29 is 14.4 Å². The Morgan fingerprint density at radius 1 is 1.10 bits per heavy atom. The number of anilines is 1. The highest BCUT2D eigenvalue weighted by molar-refractivity contribution is 6.05. The zero-order chi connectivity index (χ0) is 21.0. The molecule has 1 saturated heterocycles. The lowest BCUT2D eigenvalue weighted by Gasteiger charge is -2.33. The summed E-state index contributed by atoms with van der Waals surface area (Å²) in [4.78, 5) is 43.4. The number of benzene rings is 1. The molecule has 154 valence electrons. The van der Waals surface area contributed by atoms with Gasteiger partial charge in [0.05, 0.1) is 5.69 Å². The lowest BCUT2D eigenvalue weighted by atomic mass is 9.99. The fourth-order valence-corrected chi connectivity index (χ4v) is 4.38. The van der Waals surface area contributed by atoms with Crippen molar-refractivity contribution in [3.8, 4) is 11.3 Å². The van der Waals surface area contributed by atoms with Gasteiger partial charge in [0.15, 0.2) is 0 Å². The van der Waals surface area contributed by atoms with Gasteiger partial charge in [0.25, 0.3) is 11.8 Å². The van der Waals surface area contributed by atoms with Crippen molar-refractivity contribution in [1.82, 2.24) is 14.9 Å². The molecule has 3 N–H and O–H groups in total. The summed E-state index contributed by atoms with van der Waals surface area (Å²) in [5.41, 5.74) is 4.59. The Kier molecular flexibility index (Phi) is 4.32. The van der Waals surface area contributed by atoms with Crippen LogP contribution < -0.4 is 11.2 Å². The second-order valence-corrected chi connectivity index (χ2v) is 8.12. The molecule has 0 radical (unpaired) electrons. The molecule has 1 aromatic heterocycles. The van der Waals surface area contributed by atoms with E-state index in [2.05, 4.69) is 11.4 Å². The Morgan fingerprint density at radius 2 is 1.90 bits per heavy atom. The topological polar surface area (TPSA) is 109 Å². The number of rotatable bonds is 4. The minimum absolute atomic E-state index is 0.157. The van der Waals surface area contributed by atoms with E-state index in [1.54, 1.807) is 0 Å². The maximum absolute atomic E-state index is 13.0. The van der Waals surface area contributed by atoms with Gasteiger partial charge in [-0.15, -0.1) is 0 Å². The summed E-state index contributed by atoms with van der Waals surface area (Å²) in [7, 11) is 1.84. The Balaban J connectivity index is 1.48. The maximum Gasteiger partial charge on any atom is 0.266 e. The van der Waals surface area contributed by atoms with Gasteiger partial charge < -0.3 is 10.2 Å². The molecule has 30 heavy (non-hydrogen) atoms. The Bertz CT molecular complexity index is 1080. The lowest BCUT2D eigenvalue weighted by Crippen LogP contribution is -2.57. The number of nitrogens with zero attached hydrogens (tertiary/aromatic N) is 3. The van der Waals surface area contributed by atoms with Crippen LogP contribution in [0.25, 0.3) is 11.3 Å². The smallest absolute Gasteiger partial charge is 0.266 e. The molecule has 1 unspecified atom stereocenters. The maximum atomic E-state index is 13.0. The molecular formula is C22H23N5O3. The molecule has 2 aliphatic heterocycles. The zero-order valence-electron chi connectivity index (χ0n) is 16.7. The van der Waals surface area contributed by atoms with E-state index in [0.29, 0.717) is 29.5 Å². The summed E-state index contributed by atoms with van der Waals surface area (Å²) in [5.74, 6) is 5.80. The summed E-state index contributed by atoms with van der Waals surface area (Å²) < 4.78 is 0. The van der Waals surface area contributed by atoms with E-state index >= 15 is 0 Å². The highest BCUT2D eigenvalue weighted by atomic mass is 16.2. The van der Waals surface area contributed by atoms with E-state index in [1.165, 1.54) is 23.3 Å². The SMILES string of the molecule is CNc1ccc(C2CC2)c(-c2ccc3c(c2)CN(C2CCC(=O)N(N)C2=O)C3=O)n1. The van der Waals surface area contributed by atoms with E-state index < -0.39 is 17.9 Å². The molecule has 2 aromatic rings. The number of amides is 3. The van der Waals surface area contributed by atoms with E-state index in [1.807, 2.05) is 31.3 Å². The Hall–Kier alpha value is -3.26. The number of piperidine rings is 1. The number of fused-ring (bicyclic) bond motifs is 1. The molecular weight excluding hydrogens is 382 g/mol. The number of imide groups is 1. The van der Waals surface area contributed by atoms with Gasteiger partial charge in [0, 0.05) is 31.1 Å². The molecule has 8 heteroatoms. The monoisotopic (exact) mass is 405 g/mol. The molecule has 0 bridgehead atoms. The molecule has 8 nitrogen and oxygen atoms in total. The largest absolute Gasteiger partial charge is 0.373 e. The van der Waals surface area contributed by atoms with Crippen LogP contribution in [0.2, 0.25) is 0 Å². The number of hydrazine groups is 1. The third kappa shape index (κ3) is 2.95. The van der Waals surface area contributed by atoms with Crippen molar-refractivity contribution >= 4 is 23.5 Å². The second kappa shape index (κ2) is 6.91. The van der Waals surface area contributed by atoms with Crippen molar-refractivity contribution in [3.05, 3.63) is 47.0 Å². The third-order valence-electron chi connectivity index (χ3n) is 6.21. The number of nitrogens with two attached hydrogens (primary N) is 1. The van der Waals surface area contributed by atoms with Crippen molar-refractivity contribution in [2.75, 3.05) is 12.4 Å². The van der Waals surface area contributed by atoms with Crippen LogP contribution in [0.3, 0.4) is 0 Å². The van der Waals surface area contributed by atoms with E-state index in [9.17, 15) is 14.4 Å². The molecule has 1 atom stereocenters. The van der Waals surface area contributed by atoms with E-state index in [4.69, 9.17) is 10.8 Å². The van der Waals surface area contributed by atoms with Crippen molar-refractivity contribution in [2.45, 2.75) is 44.2 Å². The third-order valence-corrected chi connectivity index (χ3v) is 6.21. The van der Waals surface area contributed by atoms with Gasteiger partial charge in [-0.25, -0.2) is 15.8 Å². The fourth-order valence-electron chi connectivity index (χ4n) is 4.38. The number of nitrogens with one attached hydrogen (secondary N) is 1. The quantitative estimate of drug-likeness (QED) is 0.458. The average molecular weight is 405 g/mol. The first-order chi connectivity index (χ1) is 14.5. The summed E-state index contributed by atoms with van der Waals surface area (Å²) in [6.07, 6.45) is 2.80. The van der Waals surface area contributed by atoms with Crippen molar-refractivity contribution in [2.24, 2.45) is 5.84 Å². The molecule has 1 saturated carbocycles. The van der Waals surface area contributed by atoms with Gasteiger partial charge in [-0.1, -0.05) is 12.1 Å². The summed E-state index contributed by atoms with van der Waals surface area (Å²) in [6, 6.07) is 9.16. The van der Waals surface area contributed by atoms with Gasteiger partial charge in [-0.05, 0) is 54.5 Å². The molecule has 3 heterocycles. The van der Waals surface area contributed by atoms with Crippen LogP contribution in [-0.2, 0) is 16.1 Å². The number of aromatic nitrogens is 1. The van der Waals surface area contributed by atoms with E-state index in [0.717, 1.165) is 22.6 Å².